The average Bonchev–Trinajstić information content (AvgIpc) is 2.42. The smallest absolute Gasteiger partial charge is 0.304 e. The Hall–Kier alpha value is -2.05. The predicted octanol–water partition coefficient (Wildman–Crippen LogP) is -1.70. The Balaban J connectivity index is 2.96. The Morgan fingerprint density at radius 1 is 1.71 bits per heavy atom. The van der Waals surface area contributed by atoms with E-state index in [2.05, 4.69) is 15.4 Å². The number of aromatic nitrogens is 4. The number of hydrogen-bond donors (Lipinski definition) is 3. The van der Waals surface area contributed by atoms with Crippen molar-refractivity contribution in [3.05, 3.63) is 16.7 Å². The lowest BCUT2D eigenvalue weighted by atomic mass is 10.5. The van der Waals surface area contributed by atoms with E-state index in [9.17, 15) is 4.79 Å². The molecule has 0 amide bonds. The average molecular weight is 195 g/mol. The number of anilines is 1. The molecule has 0 saturated carbocycles. The zero-order chi connectivity index (χ0) is 10.3. The quantitative estimate of drug-likeness (QED) is 0.473. The van der Waals surface area contributed by atoms with Crippen molar-refractivity contribution in [2.75, 3.05) is 18.2 Å². The normalized spacial score (nSPS) is 10.7. The number of nitrogens with zero attached hydrogens (tertiary/aromatic N) is 3. The third kappa shape index (κ3) is 1.02. The molecule has 7 heteroatoms. The van der Waals surface area contributed by atoms with Gasteiger partial charge in [-0.1, -0.05) is 0 Å². The first kappa shape index (κ1) is 8.54. The molecule has 0 unspecified atom stereocenters. The molecule has 0 bridgehead atoms. The van der Waals surface area contributed by atoms with E-state index < -0.39 is 0 Å². The highest BCUT2D eigenvalue weighted by atomic mass is 16.1. The molecule has 0 saturated heterocycles. The van der Waals surface area contributed by atoms with Gasteiger partial charge < -0.3 is 5.73 Å². The molecule has 0 fully saturated rings. The summed E-state index contributed by atoms with van der Waals surface area (Å²) in [7, 11) is 3.50. The number of imidazole rings is 1. The van der Waals surface area contributed by atoms with Crippen molar-refractivity contribution in [2.24, 2.45) is 7.05 Å². The van der Waals surface area contributed by atoms with Crippen molar-refractivity contribution >= 4 is 17.1 Å². The molecule has 0 radical (unpaired) electrons. The number of nitrogens with one attached hydrogen (secondary N) is 2. The van der Waals surface area contributed by atoms with Crippen LogP contribution in [0.4, 0.5) is 5.95 Å². The van der Waals surface area contributed by atoms with E-state index in [-0.39, 0.29) is 11.5 Å². The minimum Gasteiger partial charge on any atom is -0.369 e. The second-order valence-electron chi connectivity index (χ2n) is 2.94. The van der Waals surface area contributed by atoms with E-state index >= 15 is 0 Å². The molecule has 0 aliphatic heterocycles. The van der Waals surface area contributed by atoms with E-state index in [0.717, 1.165) is 0 Å². The van der Waals surface area contributed by atoms with Gasteiger partial charge >= 0.3 is 11.2 Å². The second kappa shape index (κ2) is 2.72. The van der Waals surface area contributed by atoms with Crippen LogP contribution < -0.4 is 21.3 Å². The van der Waals surface area contributed by atoms with Crippen molar-refractivity contribution < 1.29 is 4.57 Å². The Labute approximate surface area is 79.2 Å². The van der Waals surface area contributed by atoms with Gasteiger partial charge in [0.1, 0.15) is 0 Å². The number of H-pyrrole nitrogens is 1. The van der Waals surface area contributed by atoms with Crippen LogP contribution in [0, 0.1) is 0 Å². The van der Waals surface area contributed by atoms with E-state index in [1.165, 1.54) is 0 Å². The molecule has 0 aliphatic rings. The van der Waals surface area contributed by atoms with Crippen molar-refractivity contribution in [1.82, 2.24) is 14.6 Å². The lowest BCUT2D eigenvalue weighted by molar-refractivity contribution is -0.646. The molecule has 2 heterocycles. The van der Waals surface area contributed by atoms with Gasteiger partial charge in [0.25, 0.3) is 11.8 Å². The third-order valence-corrected chi connectivity index (χ3v) is 2.01. The molecule has 0 atom stereocenters. The fourth-order valence-corrected chi connectivity index (χ4v) is 1.41. The van der Waals surface area contributed by atoms with Crippen LogP contribution in [0.2, 0.25) is 0 Å². The molecule has 2 rings (SSSR count). The number of nitrogen functional groups attached to an aromatic ring is 1. The third-order valence-electron chi connectivity index (χ3n) is 2.01. The highest BCUT2D eigenvalue weighted by Gasteiger charge is 2.18. The number of aryl methyl sites for hydroxylation is 1. The summed E-state index contributed by atoms with van der Waals surface area (Å²) in [5.41, 5.74) is 9.06. The summed E-state index contributed by atoms with van der Waals surface area (Å²) in [4.78, 5) is 18.0. The van der Waals surface area contributed by atoms with E-state index in [0.29, 0.717) is 11.2 Å². The zero-order valence-electron chi connectivity index (χ0n) is 7.90. The van der Waals surface area contributed by atoms with Gasteiger partial charge in [-0.3, -0.25) is 15.2 Å². The number of aromatic amines is 1. The Morgan fingerprint density at radius 3 is 3.07 bits per heavy atom. The maximum Gasteiger partial charge on any atom is 0.304 e. The molecular weight excluding hydrogens is 184 g/mol. The number of rotatable bonds is 1. The van der Waals surface area contributed by atoms with Crippen LogP contribution in [0.15, 0.2) is 11.1 Å². The highest BCUT2D eigenvalue weighted by Crippen LogP contribution is 2.01. The fraction of sp³-hybridized carbons (Fsp3) is 0.286. The minimum absolute atomic E-state index is 0.109. The zero-order valence-corrected chi connectivity index (χ0v) is 7.90. The Kier molecular flexibility index (Phi) is 1.66. The summed E-state index contributed by atoms with van der Waals surface area (Å²) < 4.78 is 3.30. The van der Waals surface area contributed by atoms with Crippen LogP contribution in [0.1, 0.15) is 0 Å². The molecule has 14 heavy (non-hydrogen) atoms. The number of fused-ring (bicyclic) bond motifs is 1. The number of nitrogens with two attached hydrogens (primary N) is 1. The molecule has 2 aromatic rings. The van der Waals surface area contributed by atoms with E-state index in [1.807, 2.05) is 0 Å². The first-order chi connectivity index (χ1) is 6.63. The monoisotopic (exact) mass is 195 g/mol. The minimum atomic E-state index is -0.246. The van der Waals surface area contributed by atoms with Crippen LogP contribution in [0.5, 0.6) is 0 Å². The number of hydrogen-bond acceptors (Lipinski definition) is 4. The Morgan fingerprint density at radius 2 is 2.43 bits per heavy atom. The molecule has 0 aromatic carbocycles. The van der Waals surface area contributed by atoms with Crippen LogP contribution in [-0.2, 0) is 7.05 Å². The van der Waals surface area contributed by atoms with Gasteiger partial charge in [0.15, 0.2) is 0 Å². The molecule has 4 N–H and O–H groups in total. The summed E-state index contributed by atoms with van der Waals surface area (Å²) >= 11 is 0. The van der Waals surface area contributed by atoms with Crippen molar-refractivity contribution in [2.45, 2.75) is 0 Å². The van der Waals surface area contributed by atoms with Crippen molar-refractivity contribution in [1.29, 1.82) is 0 Å². The van der Waals surface area contributed by atoms with Gasteiger partial charge in [0, 0.05) is 7.05 Å². The van der Waals surface area contributed by atoms with Crippen molar-refractivity contribution in [3.8, 4) is 0 Å². The van der Waals surface area contributed by atoms with Gasteiger partial charge in [0.2, 0.25) is 5.95 Å². The summed E-state index contributed by atoms with van der Waals surface area (Å²) in [5.74, 6) is 0.109. The molecule has 2 aromatic heterocycles. The van der Waals surface area contributed by atoms with Gasteiger partial charge in [-0.15, -0.1) is 4.68 Å². The van der Waals surface area contributed by atoms with Crippen LogP contribution in [0.3, 0.4) is 0 Å². The Bertz CT molecular complexity index is 539. The topological polar surface area (TPSA) is 92.6 Å². The lowest BCUT2D eigenvalue weighted by Gasteiger charge is -1.92. The molecule has 7 nitrogen and oxygen atoms in total. The maximum atomic E-state index is 11.5. The fourth-order valence-electron chi connectivity index (χ4n) is 1.41. The van der Waals surface area contributed by atoms with Crippen LogP contribution >= 0.6 is 0 Å². The van der Waals surface area contributed by atoms with E-state index in [1.54, 1.807) is 29.7 Å². The van der Waals surface area contributed by atoms with Crippen LogP contribution in [0.25, 0.3) is 11.2 Å². The first-order valence-electron chi connectivity index (χ1n) is 4.07. The first-order valence-corrected chi connectivity index (χ1v) is 4.07. The van der Waals surface area contributed by atoms with Crippen LogP contribution in [-0.4, -0.2) is 21.7 Å². The standard InChI is InChI=1S/C7H10N6O/c1-9-13-3-12(2)4-5(13)10-7(8)11-6(4)14/h3,9H,1-2H3,(H2-,8,10,11,14)/p+1. The molecule has 0 aliphatic carbocycles. The molecule has 74 valence electrons. The second-order valence-corrected chi connectivity index (χ2v) is 2.94. The van der Waals surface area contributed by atoms with Crippen molar-refractivity contribution in [3.63, 3.8) is 0 Å². The molecular formula is C7H11N6O+. The van der Waals surface area contributed by atoms with E-state index in [4.69, 9.17) is 5.73 Å². The summed E-state index contributed by atoms with van der Waals surface area (Å²) in [6.07, 6.45) is 1.71. The maximum absolute atomic E-state index is 11.5. The highest BCUT2D eigenvalue weighted by molar-refractivity contribution is 5.66. The van der Waals surface area contributed by atoms with Gasteiger partial charge in [-0.25, -0.2) is 4.57 Å². The van der Waals surface area contributed by atoms with Gasteiger partial charge in [0.05, 0.1) is 7.05 Å². The largest absolute Gasteiger partial charge is 0.369 e. The predicted molar refractivity (Wildman–Crippen MR) is 51.2 cm³/mol. The van der Waals surface area contributed by atoms with Gasteiger partial charge in [-0.05, 0) is 0 Å². The van der Waals surface area contributed by atoms with Gasteiger partial charge in [-0.2, -0.15) is 4.98 Å². The summed E-state index contributed by atoms with van der Waals surface area (Å²) in [6, 6.07) is 0. The summed E-state index contributed by atoms with van der Waals surface area (Å²) in [6.45, 7) is 0. The SMILES string of the molecule is CNn1c[n+](C)c2c(=O)[nH]c(N)nc21. The lowest BCUT2D eigenvalue weighted by Crippen LogP contribution is -2.31. The summed E-state index contributed by atoms with van der Waals surface area (Å²) in [5, 5.41) is 0. The molecule has 0 spiro atoms.